The summed E-state index contributed by atoms with van der Waals surface area (Å²) in [7, 11) is 1.41. The Morgan fingerprint density at radius 2 is 2.31 bits per heavy atom. The van der Waals surface area contributed by atoms with Crippen LogP contribution in [0.1, 0.15) is 20.3 Å². The lowest BCUT2D eigenvalue weighted by Gasteiger charge is -2.19. The lowest BCUT2D eigenvalue weighted by Crippen LogP contribution is -2.42. The minimum atomic E-state index is -0.257. The lowest BCUT2D eigenvalue weighted by atomic mass is 10.2. The maximum Gasteiger partial charge on any atom is 0.322 e. The average molecular weight is 225 g/mol. The second-order valence-corrected chi connectivity index (χ2v) is 3.99. The van der Waals surface area contributed by atoms with Crippen LogP contribution in [0.4, 0.5) is 0 Å². The fourth-order valence-corrected chi connectivity index (χ4v) is 1.51. The van der Waals surface area contributed by atoms with Crippen molar-refractivity contribution in [3.63, 3.8) is 0 Å². The van der Waals surface area contributed by atoms with E-state index in [4.69, 9.17) is 4.74 Å². The highest BCUT2D eigenvalue weighted by molar-refractivity contribution is 5.75. The molecular formula is C11H19N3O2. The Bertz CT molecular complexity index is 309. The molecule has 5 nitrogen and oxygen atoms in total. The van der Waals surface area contributed by atoms with E-state index in [0.29, 0.717) is 6.42 Å². The van der Waals surface area contributed by atoms with Crippen LogP contribution in [-0.2, 0) is 16.1 Å². The van der Waals surface area contributed by atoms with Gasteiger partial charge in [-0.2, -0.15) is 0 Å². The van der Waals surface area contributed by atoms with Gasteiger partial charge >= 0.3 is 5.97 Å². The molecule has 1 heterocycles. The molecule has 0 saturated heterocycles. The number of hydrogen-bond acceptors (Lipinski definition) is 4. The molecule has 1 N–H and O–H groups in total. The molecule has 1 rings (SSSR count). The van der Waals surface area contributed by atoms with Crippen molar-refractivity contribution in [2.75, 3.05) is 7.11 Å². The Hall–Kier alpha value is -1.36. The quantitative estimate of drug-likeness (QED) is 0.728. The van der Waals surface area contributed by atoms with E-state index in [1.807, 2.05) is 24.6 Å². The molecule has 5 heteroatoms. The van der Waals surface area contributed by atoms with Gasteiger partial charge in [-0.15, -0.1) is 0 Å². The second kappa shape index (κ2) is 6.27. The van der Waals surface area contributed by atoms with E-state index in [0.717, 1.165) is 6.54 Å². The molecule has 90 valence electrons. The van der Waals surface area contributed by atoms with Crippen molar-refractivity contribution >= 4 is 5.97 Å². The summed E-state index contributed by atoms with van der Waals surface area (Å²) in [6.07, 6.45) is 6.04. The highest BCUT2D eigenvalue weighted by atomic mass is 16.5. The van der Waals surface area contributed by atoms with E-state index in [1.165, 1.54) is 7.11 Å². The average Bonchev–Trinajstić information content (AvgIpc) is 2.75. The third-order valence-corrected chi connectivity index (χ3v) is 2.26. The molecule has 1 aromatic rings. The summed E-state index contributed by atoms with van der Waals surface area (Å²) in [5.41, 5.74) is 0. The van der Waals surface area contributed by atoms with Crippen molar-refractivity contribution in [3.8, 4) is 0 Å². The monoisotopic (exact) mass is 225 g/mol. The Labute approximate surface area is 95.8 Å². The molecule has 1 atom stereocenters. The van der Waals surface area contributed by atoms with Crippen LogP contribution in [0.5, 0.6) is 0 Å². The number of carbonyl (C=O) groups is 1. The molecule has 0 aliphatic rings. The molecule has 1 aromatic heterocycles. The van der Waals surface area contributed by atoms with Gasteiger partial charge in [-0.3, -0.25) is 4.79 Å². The molecule has 1 unspecified atom stereocenters. The molecule has 0 spiro atoms. The Kier molecular flexibility index (Phi) is 4.98. The number of ether oxygens (including phenoxy) is 1. The van der Waals surface area contributed by atoms with Gasteiger partial charge in [0.1, 0.15) is 6.04 Å². The van der Waals surface area contributed by atoms with Crippen LogP contribution in [0.25, 0.3) is 0 Å². The zero-order chi connectivity index (χ0) is 12.0. The summed E-state index contributed by atoms with van der Waals surface area (Å²) in [6.45, 7) is 4.76. The van der Waals surface area contributed by atoms with E-state index >= 15 is 0 Å². The number of esters is 1. The highest BCUT2D eigenvalue weighted by Crippen LogP contribution is 2.00. The standard InChI is InChI=1S/C11H19N3O2/c1-9(2)13-10(11(15)16-3)4-6-14-7-5-12-8-14/h5,7-10,13H,4,6H2,1-3H3. The molecule has 0 amide bonds. The molecule has 0 aliphatic heterocycles. The van der Waals surface area contributed by atoms with Gasteiger partial charge in [0.15, 0.2) is 0 Å². The molecule has 0 aliphatic carbocycles. The topological polar surface area (TPSA) is 56.2 Å². The summed E-state index contributed by atoms with van der Waals surface area (Å²) < 4.78 is 6.70. The van der Waals surface area contributed by atoms with Crippen molar-refractivity contribution in [2.45, 2.75) is 38.9 Å². The van der Waals surface area contributed by atoms with Gasteiger partial charge in [-0.25, -0.2) is 4.98 Å². The van der Waals surface area contributed by atoms with Crippen molar-refractivity contribution in [3.05, 3.63) is 18.7 Å². The fraction of sp³-hybridized carbons (Fsp3) is 0.636. The number of methoxy groups -OCH3 is 1. The SMILES string of the molecule is COC(=O)C(CCn1ccnc1)NC(C)C. The Balaban J connectivity index is 2.46. The van der Waals surface area contributed by atoms with E-state index in [-0.39, 0.29) is 18.1 Å². The van der Waals surface area contributed by atoms with E-state index < -0.39 is 0 Å². The van der Waals surface area contributed by atoms with Crippen LogP contribution < -0.4 is 5.32 Å². The minimum absolute atomic E-state index is 0.214. The number of aryl methyl sites for hydroxylation is 1. The lowest BCUT2D eigenvalue weighted by molar-refractivity contribution is -0.143. The second-order valence-electron chi connectivity index (χ2n) is 3.99. The first-order valence-electron chi connectivity index (χ1n) is 5.43. The summed E-state index contributed by atoms with van der Waals surface area (Å²) >= 11 is 0. The third kappa shape index (κ3) is 4.02. The molecule has 16 heavy (non-hydrogen) atoms. The van der Waals surface area contributed by atoms with Gasteiger partial charge in [-0.1, -0.05) is 13.8 Å². The fourth-order valence-electron chi connectivity index (χ4n) is 1.51. The van der Waals surface area contributed by atoms with Crippen molar-refractivity contribution in [2.24, 2.45) is 0 Å². The Morgan fingerprint density at radius 3 is 2.81 bits per heavy atom. The number of nitrogens with zero attached hydrogens (tertiary/aromatic N) is 2. The van der Waals surface area contributed by atoms with Crippen LogP contribution in [0.3, 0.4) is 0 Å². The first kappa shape index (κ1) is 12.7. The highest BCUT2D eigenvalue weighted by Gasteiger charge is 2.19. The van der Waals surface area contributed by atoms with Crippen LogP contribution >= 0.6 is 0 Å². The summed E-state index contributed by atoms with van der Waals surface area (Å²) in [5, 5.41) is 3.18. The molecule has 0 aromatic carbocycles. The van der Waals surface area contributed by atoms with Crippen LogP contribution in [0.2, 0.25) is 0 Å². The van der Waals surface area contributed by atoms with Gasteiger partial charge in [0, 0.05) is 25.0 Å². The van der Waals surface area contributed by atoms with Gasteiger partial charge in [-0.05, 0) is 6.42 Å². The number of aromatic nitrogens is 2. The first-order valence-corrected chi connectivity index (χ1v) is 5.43. The van der Waals surface area contributed by atoms with Crippen LogP contribution in [-0.4, -0.2) is 34.7 Å². The van der Waals surface area contributed by atoms with Crippen molar-refractivity contribution in [1.29, 1.82) is 0 Å². The molecule has 0 radical (unpaired) electrons. The van der Waals surface area contributed by atoms with Gasteiger partial charge < -0.3 is 14.6 Å². The van der Waals surface area contributed by atoms with Crippen molar-refractivity contribution < 1.29 is 9.53 Å². The number of nitrogens with one attached hydrogen (secondary N) is 1. The predicted octanol–water partition coefficient (Wildman–Crippen LogP) is 0.813. The Morgan fingerprint density at radius 1 is 1.56 bits per heavy atom. The largest absolute Gasteiger partial charge is 0.468 e. The minimum Gasteiger partial charge on any atom is -0.468 e. The maximum atomic E-state index is 11.5. The molecule has 0 bridgehead atoms. The zero-order valence-corrected chi connectivity index (χ0v) is 10.0. The molecule has 0 saturated carbocycles. The summed E-state index contributed by atoms with van der Waals surface area (Å²) in [5.74, 6) is -0.214. The normalized spacial score (nSPS) is 12.8. The molecule has 0 fully saturated rings. The van der Waals surface area contributed by atoms with Gasteiger partial charge in [0.2, 0.25) is 0 Å². The van der Waals surface area contributed by atoms with E-state index in [2.05, 4.69) is 10.3 Å². The number of carbonyl (C=O) groups excluding carboxylic acids is 1. The zero-order valence-electron chi connectivity index (χ0n) is 10.0. The summed E-state index contributed by atoms with van der Waals surface area (Å²) in [4.78, 5) is 15.4. The number of rotatable bonds is 6. The van der Waals surface area contributed by atoms with E-state index in [1.54, 1.807) is 12.5 Å². The predicted molar refractivity (Wildman–Crippen MR) is 60.9 cm³/mol. The third-order valence-electron chi connectivity index (χ3n) is 2.26. The van der Waals surface area contributed by atoms with Gasteiger partial charge in [0.25, 0.3) is 0 Å². The maximum absolute atomic E-state index is 11.5. The van der Waals surface area contributed by atoms with Crippen molar-refractivity contribution in [1.82, 2.24) is 14.9 Å². The summed E-state index contributed by atoms with van der Waals surface area (Å²) in [6, 6.07) is -0.000660. The van der Waals surface area contributed by atoms with E-state index in [9.17, 15) is 4.79 Å². The number of hydrogen-bond donors (Lipinski definition) is 1. The smallest absolute Gasteiger partial charge is 0.322 e. The number of imidazole rings is 1. The van der Waals surface area contributed by atoms with Gasteiger partial charge in [0.05, 0.1) is 13.4 Å². The van der Waals surface area contributed by atoms with Crippen LogP contribution in [0, 0.1) is 0 Å². The van der Waals surface area contributed by atoms with Crippen LogP contribution in [0.15, 0.2) is 18.7 Å². The first-order chi connectivity index (χ1) is 7.63. The molecular weight excluding hydrogens is 206 g/mol.